The maximum Gasteiger partial charge on any atom is 0.262 e. The number of hydrogen-bond acceptors (Lipinski definition) is 5. The fraction of sp³-hybridized carbons (Fsp3) is 0.353. The van der Waals surface area contributed by atoms with E-state index >= 15 is 0 Å². The molecule has 8 nitrogen and oxygen atoms in total. The van der Waals surface area contributed by atoms with E-state index in [0.29, 0.717) is 23.6 Å². The van der Waals surface area contributed by atoms with E-state index in [-0.39, 0.29) is 24.7 Å². The first-order valence-electron chi connectivity index (χ1n) is 7.95. The van der Waals surface area contributed by atoms with Crippen LogP contribution in [0.25, 0.3) is 0 Å². The van der Waals surface area contributed by atoms with E-state index in [9.17, 15) is 19.2 Å². The number of imide groups is 1. The third-order valence-corrected chi connectivity index (χ3v) is 4.20. The summed E-state index contributed by atoms with van der Waals surface area (Å²) in [6.45, 7) is 3.38. The highest BCUT2D eigenvalue weighted by Crippen LogP contribution is 2.25. The first-order valence-corrected chi connectivity index (χ1v) is 7.95. The van der Waals surface area contributed by atoms with Gasteiger partial charge >= 0.3 is 0 Å². The van der Waals surface area contributed by atoms with Crippen LogP contribution in [0.4, 0.5) is 5.69 Å². The second-order valence-electron chi connectivity index (χ2n) is 6.07. The summed E-state index contributed by atoms with van der Waals surface area (Å²) in [5.41, 5.74) is 1.51. The van der Waals surface area contributed by atoms with Gasteiger partial charge in [-0.15, -0.1) is 0 Å². The molecular weight excluding hydrogens is 324 g/mol. The maximum absolute atomic E-state index is 13.1. The van der Waals surface area contributed by atoms with Crippen molar-refractivity contribution in [1.82, 2.24) is 10.2 Å². The Morgan fingerprint density at radius 3 is 2.76 bits per heavy atom. The van der Waals surface area contributed by atoms with Crippen LogP contribution in [0.1, 0.15) is 42.6 Å². The van der Waals surface area contributed by atoms with E-state index in [0.717, 1.165) is 5.56 Å². The molecule has 3 rings (SSSR count). The quantitative estimate of drug-likeness (QED) is 0.776. The molecule has 8 heteroatoms. The molecule has 4 amide bonds. The summed E-state index contributed by atoms with van der Waals surface area (Å²) in [6.07, 6.45) is 0.393. The van der Waals surface area contributed by atoms with Gasteiger partial charge in [0.25, 0.3) is 5.91 Å². The first kappa shape index (κ1) is 16.8. The zero-order valence-electron chi connectivity index (χ0n) is 14.0. The van der Waals surface area contributed by atoms with Crippen molar-refractivity contribution in [3.63, 3.8) is 0 Å². The van der Waals surface area contributed by atoms with Gasteiger partial charge in [-0.2, -0.15) is 0 Å². The van der Waals surface area contributed by atoms with E-state index in [2.05, 4.69) is 15.6 Å². The van der Waals surface area contributed by atoms with Crippen molar-refractivity contribution in [2.45, 2.75) is 39.3 Å². The molecule has 0 spiro atoms. The standard InChI is InChI=1S/C17H18N4O4/c1-9-18-8-11-3-4-13(19-10(2)22)12(7-11)17(25)21(9)14-5-6-15(23)20-16(14)24/h3-4,7,14H,5-6,8H2,1-2H3,(H,19,22)(H,20,23,24). The van der Waals surface area contributed by atoms with Gasteiger partial charge in [0.1, 0.15) is 11.9 Å². The molecule has 2 N–H and O–H groups in total. The third kappa shape index (κ3) is 3.28. The monoisotopic (exact) mass is 342 g/mol. The summed E-state index contributed by atoms with van der Waals surface area (Å²) in [7, 11) is 0. The number of amides is 4. The fourth-order valence-corrected chi connectivity index (χ4v) is 3.02. The molecule has 1 atom stereocenters. The van der Waals surface area contributed by atoms with Crippen LogP contribution in [0, 0.1) is 0 Å². The molecule has 0 saturated carbocycles. The van der Waals surface area contributed by atoms with E-state index in [1.807, 2.05) is 0 Å². The van der Waals surface area contributed by atoms with E-state index in [4.69, 9.17) is 0 Å². The Morgan fingerprint density at radius 1 is 1.32 bits per heavy atom. The molecule has 130 valence electrons. The van der Waals surface area contributed by atoms with Gasteiger partial charge in [-0.05, 0) is 31.0 Å². The Hall–Kier alpha value is -3.03. The number of amidine groups is 1. The number of benzene rings is 1. The molecule has 1 aromatic rings. The van der Waals surface area contributed by atoms with Gasteiger partial charge in [0.2, 0.25) is 17.7 Å². The number of carbonyl (C=O) groups is 4. The number of nitrogens with one attached hydrogen (secondary N) is 2. The fourth-order valence-electron chi connectivity index (χ4n) is 3.02. The van der Waals surface area contributed by atoms with Gasteiger partial charge in [-0.3, -0.25) is 34.4 Å². The Morgan fingerprint density at radius 2 is 2.08 bits per heavy atom. The van der Waals surface area contributed by atoms with Gasteiger partial charge in [-0.1, -0.05) is 6.07 Å². The highest BCUT2D eigenvalue weighted by molar-refractivity contribution is 6.14. The normalized spacial score (nSPS) is 20.4. The van der Waals surface area contributed by atoms with Gasteiger partial charge in [0.15, 0.2) is 0 Å². The van der Waals surface area contributed by atoms with Crippen LogP contribution in [-0.2, 0) is 20.9 Å². The summed E-state index contributed by atoms with van der Waals surface area (Å²) in [4.78, 5) is 53.9. The minimum atomic E-state index is -0.805. The van der Waals surface area contributed by atoms with E-state index in [1.165, 1.54) is 11.8 Å². The van der Waals surface area contributed by atoms with Crippen LogP contribution in [0.5, 0.6) is 0 Å². The topological polar surface area (TPSA) is 108 Å². The molecule has 1 saturated heterocycles. The minimum absolute atomic E-state index is 0.159. The molecule has 2 aliphatic heterocycles. The molecule has 0 aromatic heterocycles. The second kappa shape index (κ2) is 6.46. The number of fused-ring (bicyclic) bond motifs is 2. The first-order chi connectivity index (χ1) is 11.9. The number of aliphatic imine (C=N–C) groups is 1. The predicted octanol–water partition coefficient (Wildman–Crippen LogP) is 0.824. The highest BCUT2D eigenvalue weighted by atomic mass is 16.2. The number of rotatable bonds is 2. The number of hydrogen-bond donors (Lipinski definition) is 2. The lowest BCUT2D eigenvalue weighted by molar-refractivity contribution is -0.136. The molecule has 0 radical (unpaired) electrons. The van der Waals surface area contributed by atoms with Gasteiger partial charge < -0.3 is 5.32 Å². The van der Waals surface area contributed by atoms with Gasteiger partial charge in [0.05, 0.1) is 17.8 Å². The molecule has 2 bridgehead atoms. The Balaban J connectivity index is 2.03. The van der Waals surface area contributed by atoms with Crippen molar-refractivity contribution in [2.75, 3.05) is 5.32 Å². The number of piperidine rings is 1. The van der Waals surface area contributed by atoms with Crippen molar-refractivity contribution < 1.29 is 19.2 Å². The summed E-state index contributed by atoms with van der Waals surface area (Å²) in [6, 6.07) is 4.31. The van der Waals surface area contributed by atoms with Crippen molar-refractivity contribution in [3.05, 3.63) is 29.3 Å². The minimum Gasteiger partial charge on any atom is -0.326 e. The molecule has 1 unspecified atom stereocenters. The third-order valence-electron chi connectivity index (χ3n) is 4.20. The molecule has 2 aliphatic rings. The summed E-state index contributed by atoms with van der Waals surface area (Å²) < 4.78 is 0. The van der Waals surface area contributed by atoms with Crippen LogP contribution in [0.15, 0.2) is 23.2 Å². The lowest BCUT2D eigenvalue weighted by atomic mass is 10.0. The van der Waals surface area contributed by atoms with Crippen LogP contribution in [0.2, 0.25) is 0 Å². The average Bonchev–Trinajstić information content (AvgIpc) is 2.54. The van der Waals surface area contributed by atoms with Crippen molar-refractivity contribution in [1.29, 1.82) is 0 Å². The summed E-state index contributed by atoms with van der Waals surface area (Å²) >= 11 is 0. The van der Waals surface area contributed by atoms with Crippen molar-refractivity contribution >= 4 is 35.2 Å². The molecule has 1 aromatic carbocycles. The smallest absolute Gasteiger partial charge is 0.262 e. The molecular formula is C17H18N4O4. The molecule has 2 heterocycles. The van der Waals surface area contributed by atoms with Gasteiger partial charge in [0, 0.05) is 13.3 Å². The second-order valence-corrected chi connectivity index (χ2v) is 6.07. The van der Waals surface area contributed by atoms with E-state index < -0.39 is 17.9 Å². The van der Waals surface area contributed by atoms with Crippen LogP contribution in [-0.4, -0.2) is 40.4 Å². The van der Waals surface area contributed by atoms with Crippen molar-refractivity contribution in [2.24, 2.45) is 4.99 Å². The zero-order chi connectivity index (χ0) is 18.1. The Kier molecular flexibility index (Phi) is 4.35. The largest absolute Gasteiger partial charge is 0.326 e. The SMILES string of the molecule is CC(=O)Nc1ccc2cc1C(=O)N(C1CCC(=O)NC1=O)C(C)=NC2. The summed E-state index contributed by atoms with van der Waals surface area (Å²) in [5.74, 6) is -1.19. The average molecular weight is 342 g/mol. The zero-order valence-corrected chi connectivity index (χ0v) is 14.0. The maximum atomic E-state index is 13.1. The summed E-state index contributed by atoms with van der Waals surface area (Å²) in [5, 5.41) is 4.90. The number of carbonyl (C=O) groups excluding carboxylic acids is 4. The lowest BCUT2D eigenvalue weighted by Gasteiger charge is -2.34. The molecule has 25 heavy (non-hydrogen) atoms. The van der Waals surface area contributed by atoms with Gasteiger partial charge in [-0.25, -0.2) is 0 Å². The Bertz CT molecular complexity index is 815. The van der Waals surface area contributed by atoms with Crippen LogP contribution >= 0.6 is 0 Å². The van der Waals surface area contributed by atoms with E-state index in [1.54, 1.807) is 25.1 Å². The van der Waals surface area contributed by atoms with Crippen molar-refractivity contribution in [3.8, 4) is 0 Å². The molecule has 1 fully saturated rings. The Labute approximate surface area is 144 Å². The van der Waals surface area contributed by atoms with Crippen LogP contribution < -0.4 is 10.6 Å². The lowest BCUT2D eigenvalue weighted by Crippen LogP contribution is -2.56. The number of nitrogens with zero attached hydrogens (tertiary/aromatic N) is 2. The van der Waals surface area contributed by atoms with Crippen LogP contribution in [0.3, 0.4) is 0 Å². The number of anilines is 1. The molecule has 0 aliphatic carbocycles. The highest BCUT2D eigenvalue weighted by Gasteiger charge is 2.37. The predicted molar refractivity (Wildman–Crippen MR) is 89.9 cm³/mol.